The molecule has 0 bridgehead atoms. The molecule has 1 aliphatic carbocycles. The zero-order valence-electron chi connectivity index (χ0n) is 13.1. The third-order valence-electron chi connectivity index (χ3n) is 4.46. The van der Waals surface area contributed by atoms with Crippen LogP contribution in [-0.4, -0.2) is 28.1 Å². The second kappa shape index (κ2) is 6.35. The van der Waals surface area contributed by atoms with E-state index in [0.717, 1.165) is 25.7 Å². The van der Waals surface area contributed by atoms with E-state index in [1.807, 2.05) is 10.6 Å². The van der Waals surface area contributed by atoms with Gasteiger partial charge >= 0.3 is 5.97 Å². The van der Waals surface area contributed by atoms with Crippen molar-refractivity contribution in [2.75, 3.05) is 12.3 Å². The second-order valence-corrected chi connectivity index (χ2v) is 6.04. The molecule has 1 saturated carbocycles. The molecule has 1 aromatic heterocycles. The normalized spacial score (nSPS) is 14.8. The molecule has 0 spiro atoms. The minimum Gasteiger partial charge on any atom is -0.480 e. The molecule has 3 rings (SSSR count). The lowest BCUT2D eigenvalue weighted by molar-refractivity contribution is -0.135. The lowest BCUT2D eigenvalue weighted by Crippen LogP contribution is -2.33. The molecule has 24 heavy (non-hydrogen) atoms. The number of hydrogen-bond acceptors (Lipinski definition) is 4. The van der Waals surface area contributed by atoms with Crippen LogP contribution in [0.15, 0.2) is 29.2 Å². The number of fused-ring (bicyclic) bond motifs is 1. The van der Waals surface area contributed by atoms with Crippen molar-refractivity contribution in [2.24, 2.45) is 0 Å². The topological polar surface area (TPSA) is 114 Å². The summed E-state index contributed by atoms with van der Waals surface area (Å²) in [6, 6.07) is 5.44. The third-order valence-corrected chi connectivity index (χ3v) is 4.46. The van der Waals surface area contributed by atoms with Gasteiger partial charge in [0.2, 0.25) is 5.43 Å². The maximum absolute atomic E-state index is 12.7. The number of carbonyl (C=O) groups excluding carboxylic acids is 1. The van der Waals surface area contributed by atoms with Gasteiger partial charge in [-0.25, -0.2) is 0 Å². The Labute approximate surface area is 138 Å². The molecule has 0 atom stereocenters. The molecule has 0 unspecified atom stereocenters. The predicted molar refractivity (Wildman–Crippen MR) is 90.1 cm³/mol. The van der Waals surface area contributed by atoms with Crippen molar-refractivity contribution in [3.8, 4) is 0 Å². The lowest BCUT2D eigenvalue weighted by Gasteiger charge is -2.19. The van der Waals surface area contributed by atoms with Crippen molar-refractivity contribution < 1.29 is 14.7 Å². The first-order valence-corrected chi connectivity index (χ1v) is 7.92. The Hall–Kier alpha value is -2.83. The number of carboxylic acid groups (broad SMARTS) is 1. The zero-order chi connectivity index (χ0) is 17.3. The number of nitrogens with zero attached hydrogens (tertiary/aromatic N) is 1. The number of benzene rings is 1. The van der Waals surface area contributed by atoms with Gasteiger partial charge in [0.05, 0.1) is 10.9 Å². The average molecular weight is 329 g/mol. The number of nitrogens with one attached hydrogen (secondary N) is 1. The van der Waals surface area contributed by atoms with E-state index < -0.39 is 23.9 Å². The standard InChI is InChI=1S/C17H19N3O4/c18-12-6-3-7-13-15(12)16(23)11(17(24)19-8-14(21)22)9-20(13)10-4-1-2-5-10/h3,6-7,9-10H,1-2,4-5,8,18H2,(H,19,24)(H,21,22). The molecule has 1 aliphatic rings. The number of rotatable bonds is 4. The Morgan fingerprint density at radius 1 is 1.29 bits per heavy atom. The lowest BCUT2D eigenvalue weighted by atomic mass is 10.1. The van der Waals surface area contributed by atoms with Crippen LogP contribution < -0.4 is 16.5 Å². The van der Waals surface area contributed by atoms with Crippen LogP contribution in [-0.2, 0) is 4.79 Å². The molecule has 0 saturated heterocycles. The quantitative estimate of drug-likeness (QED) is 0.736. The van der Waals surface area contributed by atoms with Gasteiger partial charge in [0.15, 0.2) is 0 Å². The third kappa shape index (κ3) is 2.84. The van der Waals surface area contributed by atoms with Gasteiger partial charge in [0, 0.05) is 17.9 Å². The van der Waals surface area contributed by atoms with Crippen LogP contribution in [0.4, 0.5) is 5.69 Å². The van der Waals surface area contributed by atoms with E-state index in [4.69, 9.17) is 10.8 Å². The molecule has 0 radical (unpaired) electrons. The maximum atomic E-state index is 12.7. The predicted octanol–water partition coefficient (Wildman–Crippen LogP) is 1.51. The fourth-order valence-electron chi connectivity index (χ4n) is 3.32. The number of aromatic nitrogens is 1. The summed E-state index contributed by atoms with van der Waals surface area (Å²) in [6.45, 7) is -0.538. The summed E-state index contributed by atoms with van der Waals surface area (Å²) in [4.78, 5) is 35.6. The van der Waals surface area contributed by atoms with Gasteiger partial charge in [-0.2, -0.15) is 0 Å². The van der Waals surface area contributed by atoms with E-state index in [-0.39, 0.29) is 11.6 Å². The number of pyridine rings is 1. The van der Waals surface area contributed by atoms with Crippen LogP contribution in [0.2, 0.25) is 0 Å². The number of anilines is 1. The molecule has 7 heteroatoms. The molecule has 126 valence electrons. The summed E-state index contributed by atoms with van der Waals surface area (Å²) in [5, 5.41) is 11.3. The molecule has 7 nitrogen and oxygen atoms in total. The average Bonchev–Trinajstić information content (AvgIpc) is 3.07. The van der Waals surface area contributed by atoms with E-state index >= 15 is 0 Å². The first kappa shape index (κ1) is 16.0. The van der Waals surface area contributed by atoms with E-state index in [1.54, 1.807) is 12.1 Å². The fourth-order valence-corrected chi connectivity index (χ4v) is 3.32. The first-order valence-electron chi connectivity index (χ1n) is 7.92. The highest BCUT2D eigenvalue weighted by Gasteiger charge is 2.23. The number of aliphatic carboxylic acids is 1. The number of nitrogens with two attached hydrogens (primary N) is 1. The number of hydrogen-bond donors (Lipinski definition) is 3. The van der Waals surface area contributed by atoms with Crippen molar-refractivity contribution >= 4 is 28.5 Å². The summed E-state index contributed by atoms with van der Waals surface area (Å²) in [5.74, 6) is -1.86. The number of amides is 1. The molecule has 1 aromatic carbocycles. The molecule has 1 heterocycles. The van der Waals surface area contributed by atoms with Gasteiger partial charge in [-0.3, -0.25) is 14.4 Å². The van der Waals surface area contributed by atoms with Crippen LogP contribution in [0.25, 0.3) is 10.9 Å². The molecule has 4 N–H and O–H groups in total. The highest BCUT2D eigenvalue weighted by Crippen LogP contribution is 2.32. The highest BCUT2D eigenvalue weighted by atomic mass is 16.4. The number of carboxylic acids is 1. The molecule has 1 fully saturated rings. The fraction of sp³-hybridized carbons (Fsp3) is 0.353. The second-order valence-electron chi connectivity index (χ2n) is 6.04. The zero-order valence-corrected chi connectivity index (χ0v) is 13.1. The van der Waals surface area contributed by atoms with E-state index in [2.05, 4.69) is 5.32 Å². The van der Waals surface area contributed by atoms with Gasteiger partial charge in [0.25, 0.3) is 5.91 Å². The Bertz CT molecular complexity index is 866. The largest absolute Gasteiger partial charge is 0.480 e. The Balaban J connectivity index is 2.17. The smallest absolute Gasteiger partial charge is 0.322 e. The summed E-state index contributed by atoms with van der Waals surface area (Å²) >= 11 is 0. The van der Waals surface area contributed by atoms with Crippen LogP contribution in [0.5, 0.6) is 0 Å². The van der Waals surface area contributed by atoms with Crippen LogP contribution in [0.1, 0.15) is 42.1 Å². The Morgan fingerprint density at radius 2 is 2.00 bits per heavy atom. The van der Waals surface area contributed by atoms with Gasteiger partial charge < -0.3 is 20.7 Å². The van der Waals surface area contributed by atoms with Crippen LogP contribution >= 0.6 is 0 Å². The Morgan fingerprint density at radius 3 is 2.67 bits per heavy atom. The van der Waals surface area contributed by atoms with Crippen molar-refractivity contribution in [2.45, 2.75) is 31.7 Å². The van der Waals surface area contributed by atoms with Gasteiger partial charge in [-0.1, -0.05) is 18.9 Å². The molecular weight excluding hydrogens is 310 g/mol. The van der Waals surface area contributed by atoms with Gasteiger partial charge in [-0.05, 0) is 25.0 Å². The van der Waals surface area contributed by atoms with Gasteiger partial charge in [0.1, 0.15) is 12.1 Å². The van der Waals surface area contributed by atoms with Crippen LogP contribution in [0, 0.1) is 0 Å². The summed E-state index contributed by atoms with van der Waals surface area (Å²) < 4.78 is 1.94. The first-order chi connectivity index (χ1) is 11.5. The van der Waals surface area contributed by atoms with Crippen molar-refractivity contribution in [3.63, 3.8) is 0 Å². The summed E-state index contributed by atoms with van der Waals surface area (Å²) in [6.07, 6.45) is 5.69. The maximum Gasteiger partial charge on any atom is 0.322 e. The SMILES string of the molecule is Nc1cccc2c1c(=O)c(C(=O)NCC(=O)O)cn2C1CCCC1. The molecule has 2 aromatic rings. The van der Waals surface area contributed by atoms with Gasteiger partial charge in [-0.15, -0.1) is 0 Å². The monoisotopic (exact) mass is 329 g/mol. The number of nitrogen functional groups attached to an aromatic ring is 1. The summed E-state index contributed by atoms with van der Waals surface area (Å²) in [7, 11) is 0. The molecule has 1 amide bonds. The van der Waals surface area contributed by atoms with Crippen LogP contribution in [0.3, 0.4) is 0 Å². The Kier molecular flexibility index (Phi) is 4.24. The minimum atomic E-state index is -1.17. The molecular formula is C17H19N3O4. The number of carbonyl (C=O) groups is 2. The van der Waals surface area contributed by atoms with Crippen molar-refractivity contribution in [3.05, 3.63) is 40.2 Å². The summed E-state index contributed by atoms with van der Waals surface area (Å²) in [5.41, 5.74) is 6.46. The highest BCUT2D eigenvalue weighted by molar-refractivity contribution is 6.00. The van der Waals surface area contributed by atoms with E-state index in [9.17, 15) is 14.4 Å². The van der Waals surface area contributed by atoms with E-state index in [0.29, 0.717) is 16.6 Å². The van der Waals surface area contributed by atoms with Crippen molar-refractivity contribution in [1.29, 1.82) is 0 Å². The molecule has 0 aliphatic heterocycles. The minimum absolute atomic E-state index is 0.0754. The van der Waals surface area contributed by atoms with E-state index in [1.165, 1.54) is 6.20 Å². The van der Waals surface area contributed by atoms with Crippen molar-refractivity contribution in [1.82, 2.24) is 9.88 Å².